The highest BCUT2D eigenvalue weighted by Crippen LogP contribution is 2.21. The van der Waals surface area contributed by atoms with Gasteiger partial charge in [-0.2, -0.15) is 5.10 Å². The van der Waals surface area contributed by atoms with E-state index in [9.17, 15) is 9.59 Å². The zero-order chi connectivity index (χ0) is 16.9. The Hall–Kier alpha value is -2.63. The van der Waals surface area contributed by atoms with Crippen molar-refractivity contribution in [3.63, 3.8) is 0 Å². The average molecular weight is 326 g/mol. The number of amides is 2. The zero-order valence-corrected chi connectivity index (χ0v) is 13.8. The number of rotatable bonds is 5. The van der Waals surface area contributed by atoms with Crippen molar-refractivity contribution < 1.29 is 9.59 Å². The number of aromatic nitrogens is 2. The van der Waals surface area contributed by atoms with Gasteiger partial charge in [-0.05, 0) is 18.8 Å². The quantitative estimate of drug-likeness (QED) is 0.883. The Labute approximate surface area is 141 Å². The second kappa shape index (κ2) is 7.29. The van der Waals surface area contributed by atoms with Crippen LogP contribution >= 0.6 is 0 Å². The molecule has 2 amide bonds. The Balaban J connectivity index is 1.54. The van der Waals surface area contributed by atoms with E-state index in [1.165, 1.54) is 0 Å². The van der Waals surface area contributed by atoms with Crippen LogP contribution in [0.3, 0.4) is 0 Å². The molecule has 2 aromatic rings. The number of hydrogen-bond acceptors (Lipinski definition) is 3. The molecule has 0 aliphatic carbocycles. The number of hydrogen-bond donors (Lipinski definition) is 2. The summed E-state index contributed by atoms with van der Waals surface area (Å²) in [5.41, 5.74) is 2.22. The highest BCUT2D eigenvalue weighted by Gasteiger charge is 2.24. The van der Waals surface area contributed by atoms with E-state index in [1.54, 1.807) is 13.1 Å². The number of likely N-dealkylation sites (tertiary alicyclic amines) is 1. The fraction of sp³-hybridized carbons (Fsp3) is 0.389. The van der Waals surface area contributed by atoms with E-state index in [2.05, 4.69) is 15.5 Å². The first kappa shape index (κ1) is 16.2. The lowest BCUT2D eigenvalue weighted by Crippen LogP contribution is -2.28. The van der Waals surface area contributed by atoms with Crippen LogP contribution < -0.4 is 5.32 Å². The van der Waals surface area contributed by atoms with Crippen molar-refractivity contribution in [3.05, 3.63) is 42.1 Å². The standard InChI is InChI=1S/C18H22N4O2/c1-13(23)22-10-8-14(12-22)7-9-19-18(24)16-11-20-21-17(16)15-5-3-2-4-6-15/h2-6,11,14H,7-10,12H2,1H3,(H,19,24)(H,20,21). The van der Waals surface area contributed by atoms with Gasteiger partial charge in [0.05, 0.1) is 17.5 Å². The highest BCUT2D eigenvalue weighted by molar-refractivity contribution is 5.99. The third-order valence-electron chi connectivity index (χ3n) is 4.52. The Kier molecular flexibility index (Phi) is 4.93. The van der Waals surface area contributed by atoms with Crippen LogP contribution in [0, 0.1) is 5.92 Å². The van der Waals surface area contributed by atoms with Gasteiger partial charge in [0.15, 0.2) is 0 Å². The fourth-order valence-corrected chi connectivity index (χ4v) is 3.12. The first-order valence-corrected chi connectivity index (χ1v) is 8.27. The maximum Gasteiger partial charge on any atom is 0.255 e. The summed E-state index contributed by atoms with van der Waals surface area (Å²) in [5, 5.41) is 9.87. The SMILES string of the molecule is CC(=O)N1CCC(CCNC(=O)c2cn[nH]c2-c2ccccc2)C1. The molecule has 1 saturated heterocycles. The molecule has 1 aliphatic heterocycles. The minimum absolute atomic E-state index is 0.121. The molecule has 6 nitrogen and oxygen atoms in total. The molecule has 0 saturated carbocycles. The molecule has 2 N–H and O–H groups in total. The van der Waals surface area contributed by atoms with Crippen LogP contribution in [0.2, 0.25) is 0 Å². The summed E-state index contributed by atoms with van der Waals surface area (Å²) in [4.78, 5) is 25.6. The molecule has 2 heterocycles. The van der Waals surface area contributed by atoms with E-state index in [1.807, 2.05) is 35.2 Å². The van der Waals surface area contributed by atoms with Gasteiger partial charge in [0.25, 0.3) is 5.91 Å². The first-order valence-electron chi connectivity index (χ1n) is 8.27. The number of carbonyl (C=O) groups is 2. The summed E-state index contributed by atoms with van der Waals surface area (Å²) in [5.74, 6) is 0.476. The summed E-state index contributed by atoms with van der Waals surface area (Å²) >= 11 is 0. The minimum atomic E-state index is -0.121. The van der Waals surface area contributed by atoms with Crippen LogP contribution in [0.15, 0.2) is 36.5 Å². The molecule has 0 spiro atoms. The minimum Gasteiger partial charge on any atom is -0.352 e. The van der Waals surface area contributed by atoms with E-state index in [4.69, 9.17) is 0 Å². The predicted molar refractivity (Wildman–Crippen MR) is 91.3 cm³/mol. The summed E-state index contributed by atoms with van der Waals surface area (Å²) in [6, 6.07) is 9.68. The molecule has 1 unspecified atom stereocenters. The number of benzene rings is 1. The van der Waals surface area contributed by atoms with Crippen LogP contribution in [0.25, 0.3) is 11.3 Å². The zero-order valence-electron chi connectivity index (χ0n) is 13.8. The van der Waals surface area contributed by atoms with Crippen molar-refractivity contribution in [1.82, 2.24) is 20.4 Å². The van der Waals surface area contributed by atoms with Gasteiger partial charge in [-0.15, -0.1) is 0 Å². The molecule has 1 atom stereocenters. The third-order valence-corrected chi connectivity index (χ3v) is 4.52. The molecule has 126 valence electrons. The monoisotopic (exact) mass is 326 g/mol. The van der Waals surface area contributed by atoms with Gasteiger partial charge in [-0.3, -0.25) is 14.7 Å². The molecule has 0 bridgehead atoms. The lowest BCUT2D eigenvalue weighted by molar-refractivity contribution is -0.127. The van der Waals surface area contributed by atoms with Crippen molar-refractivity contribution >= 4 is 11.8 Å². The molecule has 1 aromatic carbocycles. The molecule has 1 aromatic heterocycles. The topological polar surface area (TPSA) is 78.1 Å². The third kappa shape index (κ3) is 3.64. The Morgan fingerprint density at radius 2 is 2.12 bits per heavy atom. The number of nitrogens with one attached hydrogen (secondary N) is 2. The van der Waals surface area contributed by atoms with Gasteiger partial charge in [-0.1, -0.05) is 30.3 Å². The molecule has 1 aliphatic rings. The van der Waals surface area contributed by atoms with E-state index in [0.29, 0.717) is 18.0 Å². The van der Waals surface area contributed by atoms with Crippen molar-refractivity contribution in [2.75, 3.05) is 19.6 Å². The number of H-pyrrole nitrogens is 1. The normalized spacial score (nSPS) is 17.0. The van der Waals surface area contributed by atoms with E-state index in [-0.39, 0.29) is 11.8 Å². The molecular weight excluding hydrogens is 304 g/mol. The van der Waals surface area contributed by atoms with Crippen LogP contribution in [0.1, 0.15) is 30.1 Å². The van der Waals surface area contributed by atoms with E-state index >= 15 is 0 Å². The average Bonchev–Trinajstić information content (AvgIpc) is 3.25. The summed E-state index contributed by atoms with van der Waals surface area (Å²) in [6.07, 6.45) is 3.45. The second-order valence-corrected chi connectivity index (χ2v) is 6.19. The molecule has 6 heteroatoms. The second-order valence-electron chi connectivity index (χ2n) is 6.19. The lowest BCUT2D eigenvalue weighted by Gasteiger charge is -2.14. The summed E-state index contributed by atoms with van der Waals surface area (Å²) in [6.45, 7) is 3.84. The highest BCUT2D eigenvalue weighted by atomic mass is 16.2. The van der Waals surface area contributed by atoms with Crippen molar-refractivity contribution in [2.24, 2.45) is 5.92 Å². The lowest BCUT2D eigenvalue weighted by atomic mass is 10.0. The van der Waals surface area contributed by atoms with E-state index < -0.39 is 0 Å². The van der Waals surface area contributed by atoms with Gasteiger partial charge >= 0.3 is 0 Å². The summed E-state index contributed by atoms with van der Waals surface area (Å²) in [7, 11) is 0. The molecular formula is C18H22N4O2. The summed E-state index contributed by atoms with van der Waals surface area (Å²) < 4.78 is 0. The Morgan fingerprint density at radius 3 is 2.83 bits per heavy atom. The van der Waals surface area contributed by atoms with Gasteiger partial charge in [0, 0.05) is 32.1 Å². The van der Waals surface area contributed by atoms with Gasteiger partial charge in [-0.25, -0.2) is 0 Å². The molecule has 24 heavy (non-hydrogen) atoms. The Bertz CT molecular complexity index is 711. The first-order chi connectivity index (χ1) is 11.6. The van der Waals surface area contributed by atoms with Crippen molar-refractivity contribution in [1.29, 1.82) is 0 Å². The van der Waals surface area contributed by atoms with Gasteiger partial charge < -0.3 is 10.2 Å². The molecule has 0 radical (unpaired) electrons. The van der Waals surface area contributed by atoms with Crippen LogP contribution in [-0.4, -0.2) is 46.5 Å². The number of nitrogens with zero attached hydrogens (tertiary/aromatic N) is 2. The van der Waals surface area contributed by atoms with Crippen molar-refractivity contribution in [2.45, 2.75) is 19.8 Å². The maximum absolute atomic E-state index is 12.4. The maximum atomic E-state index is 12.4. The predicted octanol–water partition coefficient (Wildman–Crippen LogP) is 2.06. The van der Waals surface area contributed by atoms with Gasteiger partial charge in [0.1, 0.15) is 0 Å². The molecule has 1 fully saturated rings. The largest absolute Gasteiger partial charge is 0.352 e. The van der Waals surface area contributed by atoms with Crippen molar-refractivity contribution in [3.8, 4) is 11.3 Å². The van der Waals surface area contributed by atoms with Crippen LogP contribution in [-0.2, 0) is 4.79 Å². The fourth-order valence-electron chi connectivity index (χ4n) is 3.12. The smallest absolute Gasteiger partial charge is 0.255 e. The molecule has 3 rings (SSSR count). The van der Waals surface area contributed by atoms with E-state index in [0.717, 1.165) is 37.2 Å². The van der Waals surface area contributed by atoms with Crippen LogP contribution in [0.4, 0.5) is 0 Å². The number of aromatic amines is 1. The Morgan fingerprint density at radius 1 is 1.33 bits per heavy atom. The van der Waals surface area contributed by atoms with Crippen LogP contribution in [0.5, 0.6) is 0 Å². The van der Waals surface area contributed by atoms with Gasteiger partial charge in [0.2, 0.25) is 5.91 Å². The number of carbonyl (C=O) groups excluding carboxylic acids is 2.